The summed E-state index contributed by atoms with van der Waals surface area (Å²) in [6.07, 6.45) is 83.0. The molecule has 9 N–H and O–H groups in total. The molecule has 2 fully saturated rings. The SMILES string of the molecule is CC/C=C\C/C=C\C/C=C\C/C=C\C/C=C\C/C=C\C/C=C\C/C=C\C/C=C\C/C=C\CCCCCCCCC(=O)NC(COC1OC(CO)C(OC2OC(CO)C(O)C(O)C2O)C(O)C1O)C(O)/C=C/CC/C=C/CC/C=C/CCCCCCCCCCCCCCCCCC. The van der Waals surface area contributed by atoms with Crippen molar-refractivity contribution in [3.8, 4) is 0 Å². The van der Waals surface area contributed by atoms with Crippen LogP contribution in [0.5, 0.6) is 0 Å². The van der Waals surface area contributed by atoms with Gasteiger partial charge >= 0.3 is 0 Å². The summed E-state index contributed by atoms with van der Waals surface area (Å²) < 4.78 is 22.8. The average Bonchev–Trinajstić information content (AvgIpc) is 0.794. The second-order valence-electron chi connectivity index (χ2n) is 26.0. The molecule has 0 aromatic rings. The van der Waals surface area contributed by atoms with E-state index in [2.05, 4.69) is 165 Å². The van der Waals surface area contributed by atoms with Crippen LogP contribution < -0.4 is 5.32 Å². The van der Waals surface area contributed by atoms with E-state index in [1.165, 1.54) is 103 Å². The zero-order chi connectivity index (χ0) is 70.1. The fraction of sp³-hybridized carbons (Fsp3) is 0.675. The highest BCUT2D eigenvalue weighted by atomic mass is 16.7. The number of amides is 1. The highest BCUT2D eigenvalue weighted by Gasteiger charge is 2.51. The topological polar surface area (TPSA) is 228 Å². The Kier molecular flexibility index (Phi) is 59.4. The zero-order valence-corrected chi connectivity index (χ0v) is 60.3. The Hall–Kier alpha value is -4.39. The first-order valence-corrected chi connectivity index (χ1v) is 38.2. The number of nitrogens with one attached hydrogen (secondary N) is 1. The molecule has 12 unspecified atom stereocenters. The largest absolute Gasteiger partial charge is 0.394 e. The summed E-state index contributed by atoms with van der Waals surface area (Å²) in [5.74, 6) is -0.273. The van der Waals surface area contributed by atoms with Crippen molar-refractivity contribution in [1.82, 2.24) is 5.32 Å². The van der Waals surface area contributed by atoms with Crippen LogP contribution in [-0.2, 0) is 23.7 Å². The first kappa shape index (κ1) is 88.7. The van der Waals surface area contributed by atoms with Gasteiger partial charge in [-0.05, 0) is 122 Å². The molecular weight excluding hydrogens is 1220 g/mol. The number of unbranched alkanes of at least 4 members (excludes halogenated alkanes) is 24. The van der Waals surface area contributed by atoms with Crippen LogP contribution in [0.2, 0.25) is 0 Å². The molecule has 552 valence electrons. The van der Waals surface area contributed by atoms with E-state index in [4.69, 9.17) is 18.9 Å². The summed E-state index contributed by atoms with van der Waals surface area (Å²) in [6, 6.07) is -0.960. The smallest absolute Gasteiger partial charge is 0.220 e. The third-order valence-corrected chi connectivity index (χ3v) is 17.4. The van der Waals surface area contributed by atoms with Crippen LogP contribution in [0.25, 0.3) is 0 Å². The number of ether oxygens (including phenoxy) is 4. The molecule has 2 rings (SSSR count). The monoisotopic (exact) mass is 1360 g/mol. The lowest BCUT2D eigenvalue weighted by Gasteiger charge is -2.46. The van der Waals surface area contributed by atoms with Crippen molar-refractivity contribution in [3.63, 3.8) is 0 Å². The Morgan fingerprint density at radius 2 is 0.722 bits per heavy atom. The standard InChI is InChI=1S/C83H137NO13/c1-3-5-7-9-11-13-15-17-19-21-23-25-27-29-31-32-33-34-35-36-37-38-39-40-41-43-45-47-49-51-53-55-57-59-61-63-65-67-75(88)84-71(70-94-82-80(93)78(91)81(74(69-86)96-82)97-83-79(92)77(90)76(89)73(68-85)95-83)72(87)66-64-62-60-58-56-54-52-50-48-46-44-42-30-28-26-24-22-20-18-16-14-12-10-8-6-4-2/h5,7,11,13,17,19,23,25,29,31,33-34,36-37,39-40,43,45,48-51,56,58,64,66,71-74,76-83,85-87,89-93H,3-4,6,8-10,12,14-16,18,20-22,24,26-28,30,32,35,38,41-42,44,46-47,52-55,57,59-63,65,67-70H2,1-2H3,(H,84,88)/b7-5-,13-11-,19-17-,25-23-,31-29-,34-33-,37-36-,40-39-,45-43-,50-48+,51-49-,58-56+,66-64+. The Labute approximate surface area is 588 Å². The van der Waals surface area contributed by atoms with Crippen molar-refractivity contribution < 1.29 is 64.6 Å². The van der Waals surface area contributed by atoms with E-state index in [1.807, 2.05) is 6.08 Å². The highest BCUT2D eigenvalue weighted by molar-refractivity contribution is 5.76. The van der Waals surface area contributed by atoms with Gasteiger partial charge in [-0.3, -0.25) is 4.79 Å². The molecule has 14 heteroatoms. The summed E-state index contributed by atoms with van der Waals surface area (Å²) in [4.78, 5) is 13.4. The van der Waals surface area contributed by atoms with Crippen molar-refractivity contribution >= 4 is 5.91 Å². The molecule has 1 amide bonds. The van der Waals surface area contributed by atoms with Gasteiger partial charge in [-0.25, -0.2) is 0 Å². The Balaban J connectivity index is 1.69. The van der Waals surface area contributed by atoms with Gasteiger partial charge in [-0.1, -0.05) is 294 Å². The van der Waals surface area contributed by atoms with Crippen LogP contribution in [0.4, 0.5) is 0 Å². The lowest BCUT2D eigenvalue weighted by Crippen LogP contribution is -2.65. The van der Waals surface area contributed by atoms with E-state index in [9.17, 15) is 45.6 Å². The third kappa shape index (κ3) is 48.1. The van der Waals surface area contributed by atoms with Gasteiger partial charge in [0, 0.05) is 6.42 Å². The molecular formula is C83H137NO13. The Bertz CT molecular complexity index is 2240. The molecule has 2 aliphatic heterocycles. The van der Waals surface area contributed by atoms with Crippen LogP contribution in [0.15, 0.2) is 158 Å². The summed E-state index contributed by atoms with van der Waals surface area (Å²) in [5.41, 5.74) is 0. The number of hydrogen-bond donors (Lipinski definition) is 9. The lowest BCUT2D eigenvalue weighted by molar-refractivity contribution is -0.359. The molecule has 0 aromatic carbocycles. The minimum atomic E-state index is -1.80. The minimum Gasteiger partial charge on any atom is -0.394 e. The van der Waals surface area contributed by atoms with Gasteiger partial charge in [0.1, 0.15) is 48.8 Å². The van der Waals surface area contributed by atoms with E-state index in [1.54, 1.807) is 6.08 Å². The normalized spacial score (nSPS) is 23.1. The van der Waals surface area contributed by atoms with Crippen molar-refractivity contribution in [2.45, 2.75) is 338 Å². The van der Waals surface area contributed by atoms with E-state index < -0.39 is 86.8 Å². The maximum absolute atomic E-state index is 13.4. The molecule has 14 nitrogen and oxygen atoms in total. The van der Waals surface area contributed by atoms with Crippen LogP contribution in [0.1, 0.15) is 264 Å². The van der Waals surface area contributed by atoms with Crippen molar-refractivity contribution in [2.75, 3.05) is 19.8 Å². The molecule has 0 bridgehead atoms. The third-order valence-electron chi connectivity index (χ3n) is 17.4. The maximum atomic E-state index is 13.4. The molecule has 97 heavy (non-hydrogen) atoms. The molecule has 0 spiro atoms. The molecule has 0 aliphatic carbocycles. The second-order valence-corrected chi connectivity index (χ2v) is 26.0. The second kappa shape index (κ2) is 65.0. The van der Waals surface area contributed by atoms with Crippen molar-refractivity contribution in [3.05, 3.63) is 158 Å². The first-order chi connectivity index (χ1) is 47.6. The number of hydrogen-bond acceptors (Lipinski definition) is 13. The summed E-state index contributed by atoms with van der Waals surface area (Å²) >= 11 is 0. The number of carbonyl (C=O) groups is 1. The van der Waals surface area contributed by atoms with Crippen molar-refractivity contribution in [1.29, 1.82) is 0 Å². The number of allylic oxidation sites excluding steroid dienone is 25. The summed E-state index contributed by atoms with van der Waals surface area (Å²) in [7, 11) is 0. The fourth-order valence-corrected chi connectivity index (χ4v) is 11.4. The molecule has 2 aliphatic rings. The predicted molar refractivity (Wildman–Crippen MR) is 401 cm³/mol. The summed E-state index contributed by atoms with van der Waals surface area (Å²) in [6.45, 7) is 2.66. The number of rotatable bonds is 61. The Morgan fingerprint density at radius 3 is 1.13 bits per heavy atom. The van der Waals surface area contributed by atoms with Crippen LogP contribution in [-0.4, -0.2) is 140 Å². The quantitative estimate of drug-likeness (QED) is 0.0204. The van der Waals surface area contributed by atoms with E-state index in [0.717, 1.165) is 128 Å². The van der Waals surface area contributed by atoms with Gasteiger partial charge in [-0.15, -0.1) is 0 Å². The maximum Gasteiger partial charge on any atom is 0.220 e. The zero-order valence-electron chi connectivity index (χ0n) is 60.3. The predicted octanol–water partition coefficient (Wildman–Crippen LogP) is 17.0. The first-order valence-electron chi connectivity index (χ1n) is 38.2. The number of carbonyl (C=O) groups excluding carboxylic acids is 1. The van der Waals surface area contributed by atoms with Crippen LogP contribution in [0.3, 0.4) is 0 Å². The van der Waals surface area contributed by atoms with Gasteiger partial charge in [-0.2, -0.15) is 0 Å². The van der Waals surface area contributed by atoms with Gasteiger partial charge < -0.3 is 65.1 Å². The molecule has 12 atom stereocenters. The number of aliphatic hydroxyl groups excluding tert-OH is 8. The lowest BCUT2D eigenvalue weighted by atomic mass is 9.97. The van der Waals surface area contributed by atoms with Gasteiger partial charge in [0.15, 0.2) is 12.6 Å². The van der Waals surface area contributed by atoms with Gasteiger partial charge in [0.05, 0.1) is 32.0 Å². The van der Waals surface area contributed by atoms with Crippen LogP contribution in [0, 0.1) is 0 Å². The van der Waals surface area contributed by atoms with E-state index in [0.29, 0.717) is 12.8 Å². The molecule has 2 saturated heterocycles. The van der Waals surface area contributed by atoms with Crippen LogP contribution >= 0.6 is 0 Å². The average molecular weight is 1360 g/mol. The van der Waals surface area contributed by atoms with E-state index >= 15 is 0 Å². The fourth-order valence-electron chi connectivity index (χ4n) is 11.4. The molecule has 0 radical (unpaired) electrons. The van der Waals surface area contributed by atoms with Gasteiger partial charge in [0.2, 0.25) is 5.91 Å². The number of aliphatic hydroxyl groups is 8. The molecule has 0 saturated carbocycles. The minimum absolute atomic E-state index is 0.242. The molecule has 2 heterocycles. The molecule has 0 aromatic heterocycles. The summed E-state index contributed by atoms with van der Waals surface area (Å²) in [5, 5.41) is 87.5. The van der Waals surface area contributed by atoms with E-state index in [-0.39, 0.29) is 18.9 Å². The highest BCUT2D eigenvalue weighted by Crippen LogP contribution is 2.30. The van der Waals surface area contributed by atoms with Gasteiger partial charge in [0.25, 0.3) is 0 Å². The Morgan fingerprint density at radius 1 is 0.381 bits per heavy atom. The van der Waals surface area contributed by atoms with Crippen molar-refractivity contribution in [2.24, 2.45) is 0 Å².